The molecule has 2 aromatic rings. The summed E-state index contributed by atoms with van der Waals surface area (Å²) in [5.41, 5.74) is 0.859. The lowest BCUT2D eigenvalue weighted by atomic mass is 10.1. The topological polar surface area (TPSA) is 100 Å². The lowest BCUT2D eigenvalue weighted by molar-refractivity contribution is -0.153. The van der Waals surface area contributed by atoms with Gasteiger partial charge in [0.05, 0.1) is 19.1 Å². The summed E-state index contributed by atoms with van der Waals surface area (Å²) in [5, 5.41) is 2.65. The van der Waals surface area contributed by atoms with Gasteiger partial charge in [0.15, 0.2) is 23.4 Å². The van der Waals surface area contributed by atoms with Crippen molar-refractivity contribution >= 4 is 39.3 Å². The third-order valence-corrected chi connectivity index (χ3v) is 4.83. The molecule has 30 heavy (non-hydrogen) atoms. The Hall–Kier alpha value is -3.07. The van der Waals surface area contributed by atoms with Gasteiger partial charge >= 0.3 is 5.97 Å². The van der Waals surface area contributed by atoms with Gasteiger partial charge in [-0.3, -0.25) is 14.4 Å². The number of halogens is 1. The van der Waals surface area contributed by atoms with Gasteiger partial charge < -0.3 is 24.3 Å². The molecule has 1 amide bonds. The van der Waals surface area contributed by atoms with Crippen molar-refractivity contribution < 1.29 is 33.3 Å². The lowest BCUT2D eigenvalue weighted by Gasteiger charge is -2.14. The van der Waals surface area contributed by atoms with Gasteiger partial charge in [-0.15, -0.1) is 0 Å². The number of fused-ring (bicyclic) bond motifs is 1. The molecule has 9 heteroatoms. The highest BCUT2D eigenvalue weighted by Gasteiger charge is 2.21. The van der Waals surface area contributed by atoms with E-state index in [2.05, 4.69) is 21.2 Å². The van der Waals surface area contributed by atoms with Crippen LogP contribution in [0.4, 0.5) is 5.69 Å². The summed E-state index contributed by atoms with van der Waals surface area (Å²) in [6.07, 6.45) is -1.25. The van der Waals surface area contributed by atoms with Gasteiger partial charge in [0.1, 0.15) is 5.75 Å². The number of Topliss-reactive ketones (excluding diaryl/α,β-unsaturated/α-hetero) is 1. The van der Waals surface area contributed by atoms with E-state index in [0.29, 0.717) is 28.5 Å². The van der Waals surface area contributed by atoms with Crippen molar-refractivity contribution in [3.8, 4) is 17.2 Å². The van der Waals surface area contributed by atoms with Crippen LogP contribution in [0.1, 0.15) is 30.1 Å². The monoisotopic (exact) mass is 477 g/mol. The summed E-state index contributed by atoms with van der Waals surface area (Å²) in [6.45, 7) is 1.59. The van der Waals surface area contributed by atoms with Crippen LogP contribution in [-0.2, 0) is 14.3 Å². The first-order chi connectivity index (χ1) is 14.4. The average molecular weight is 478 g/mol. The molecule has 1 heterocycles. The highest BCUT2D eigenvalue weighted by Crippen LogP contribution is 2.34. The molecular formula is C21H20BrNO7. The van der Waals surface area contributed by atoms with E-state index in [1.165, 1.54) is 14.0 Å². The van der Waals surface area contributed by atoms with E-state index in [0.717, 1.165) is 4.47 Å². The summed E-state index contributed by atoms with van der Waals surface area (Å²) >= 11 is 3.31. The molecule has 0 bridgehead atoms. The quantitative estimate of drug-likeness (QED) is 0.456. The van der Waals surface area contributed by atoms with Gasteiger partial charge in [0, 0.05) is 22.6 Å². The highest BCUT2D eigenvalue weighted by atomic mass is 79.9. The molecule has 1 aliphatic rings. The molecule has 3 rings (SSSR count). The number of carbonyl (C=O) groups excluding carboxylic acids is 3. The van der Waals surface area contributed by atoms with Crippen molar-refractivity contribution in [3.05, 3.63) is 46.4 Å². The smallest absolute Gasteiger partial charge is 0.307 e. The van der Waals surface area contributed by atoms with Crippen molar-refractivity contribution in [1.29, 1.82) is 0 Å². The van der Waals surface area contributed by atoms with E-state index in [9.17, 15) is 14.4 Å². The third kappa shape index (κ3) is 5.29. The molecule has 2 aromatic carbocycles. The number of rotatable bonds is 8. The summed E-state index contributed by atoms with van der Waals surface area (Å²) < 4.78 is 21.5. The molecular weight excluding hydrogens is 458 g/mol. The molecule has 0 radical (unpaired) electrons. The molecule has 1 atom stereocenters. The molecule has 0 fully saturated rings. The van der Waals surface area contributed by atoms with E-state index < -0.39 is 18.0 Å². The first-order valence-corrected chi connectivity index (χ1v) is 9.93. The Morgan fingerprint density at radius 3 is 2.63 bits per heavy atom. The van der Waals surface area contributed by atoms with Crippen LogP contribution in [0.5, 0.6) is 17.2 Å². The van der Waals surface area contributed by atoms with E-state index in [1.807, 2.05) is 0 Å². The van der Waals surface area contributed by atoms with Gasteiger partial charge in [-0.1, -0.05) is 15.9 Å². The Morgan fingerprint density at radius 2 is 1.87 bits per heavy atom. The number of ether oxygens (including phenoxy) is 4. The van der Waals surface area contributed by atoms with Gasteiger partial charge in [-0.2, -0.15) is 0 Å². The second-order valence-electron chi connectivity index (χ2n) is 6.46. The fourth-order valence-corrected chi connectivity index (χ4v) is 3.14. The van der Waals surface area contributed by atoms with Crippen molar-refractivity contribution in [2.75, 3.05) is 19.2 Å². The molecule has 0 saturated heterocycles. The van der Waals surface area contributed by atoms with Crippen molar-refractivity contribution in [2.45, 2.75) is 25.9 Å². The van der Waals surface area contributed by atoms with Crippen molar-refractivity contribution in [3.63, 3.8) is 0 Å². The van der Waals surface area contributed by atoms with Crippen LogP contribution in [0.15, 0.2) is 40.9 Å². The maximum Gasteiger partial charge on any atom is 0.307 e. The second-order valence-corrected chi connectivity index (χ2v) is 7.37. The summed E-state index contributed by atoms with van der Waals surface area (Å²) in [4.78, 5) is 36.8. The van der Waals surface area contributed by atoms with Crippen molar-refractivity contribution in [1.82, 2.24) is 0 Å². The first-order valence-electron chi connectivity index (χ1n) is 9.14. The number of nitrogens with one attached hydrogen (secondary N) is 1. The Bertz CT molecular complexity index is 976. The molecule has 0 spiro atoms. The molecule has 0 saturated carbocycles. The number of hydrogen-bond acceptors (Lipinski definition) is 7. The molecule has 1 aliphatic heterocycles. The first kappa shape index (κ1) is 21.6. The number of ketones is 1. The summed E-state index contributed by atoms with van der Waals surface area (Å²) in [7, 11) is 1.47. The predicted octanol–water partition coefficient (Wildman–Crippen LogP) is 3.72. The minimum atomic E-state index is -1.03. The van der Waals surface area contributed by atoms with Crippen LogP contribution < -0.4 is 19.5 Å². The maximum atomic E-state index is 12.4. The fraction of sp³-hybridized carbons (Fsp3) is 0.286. The third-order valence-electron chi connectivity index (χ3n) is 4.34. The minimum absolute atomic E-state index is 0.0673. The van der Waals surface area contributed by atoms with Crippen LogP contribution in [-0.4, -0.2) is 37.7 Å². The Balaban J connectivity index is 1.50. The van der Waals surface area contributed by atoms with Gasteiger partial charge in [-0.25, -0.2) is 0 Å². The van der Waals surface area contributed by atoms with Crippen molar-refractivity contribution in [2.24, 2.45) is 0 Å². The molecule has 0 aromatic heterocycles. The van der Waals surface area contributed by atoms with Crippen LogP contribution >= 0.6 is 15.9 Å². The molecule has 8 nitrogen and oxygen atoms in total. The van der Waals surface area contributed by atoms with Crippen LogP contribution in [0.25, 0.3) is 0 Å². The predicted molar refractivity (Wildman–Crippen MR) is 111 cm³/mol. The van der Waals surface area contributed by atoms with Gasteiger partial charge in [-0.05, 0) is 37.3 Å². The number of esters is 1. The second kappa shape index (κ2) is 9.62. The number of carbonyl (C=O) groups is 3. The standard InChI is InChI=1S/C21H20BrNO7/c1-12(21(26)23-14-4-7-18-19(10-14)29-11-28-18)30-20(25)8-5-16(24)15-9-13(22)3-6-17(15)27-2/h3-4,6-7,9-10,12H,5,8,11H2,1-2H3,(H,23,26). The number of hydrogen-bond donors (Lipinski definition) is 1. The number of methoxy groups -OCH3 is 1. The SMILES string of the molecule is COc1ccc(Br)cc1C(=O)CCC(=O)OC(C)C(=O)Nc1ccc2c(c1)OCO2. The van der Waals surface area contributed by atoms with E-state index in [4.69, 9.17) is 18.9 Å². The lowest BCUT2D eigenvalue weighted by Crippen LogP contribution is -2.30. The molecule has 0 aliphatic carbocycles. The highest BCUT2D eigenvalue weighted by molar-refractivity contribution is 9.10. The molecule has 1 N–H and O–H groups in total. The zero-order valence-corrected chi connectivity index (χ0v) is 18.0. The minimum Gasteiger partial charge on any atom is -0.496 e. The largest absolute Gasteiger partial charge is 0.496 e. The van der Waals surface area contributed by atoms with Crippen LogP contribution in [0.2, 0.25) is 0 Å². The van der Waals surface area contributed by atoms with Gasteiger partial charge in [0.25, 0.3) is 5.91 Å². The van der Waals surface area contributed by atoms with E-state index >= 15 is 0 Å². The number of benzene rings is 2. The summed E-state index contributed by atoms with van der Waals surface area (Å²) in [6, 6.07) is 10.0. The number of anilines is 1. The van der Waals surface area contributed by atoms with Crippen LogP contribution in [0, 0.1) is 0 Å². The molecule has 1 unspecified atom stereocenters. The fourth-order valence-electron chi connectivity index (χ4n) is 2.78. The Labute approximate surface area is 181 Å². The summed E-state index contributed by atoms with van der Waals surface area (Å²) in [5.74, 6) is 0.140. The van der Waals surface area contributed by atoms with E-state index in [-0.39, 0.29) is 25.4 Å². The zero-order chi connectivity index (χ0) is 21.7. The van der Waals surface area contributed by atoms with E-state index in [1.54, 1.807) is 36.4 Å². The zero-order valence-electron chi connectivity index (χ0n) is 16.4. The Kier molecular flexibility index (Phi) is 6.94. The van der Waals surface area contributed by atoms with Crippen LogP contribution in [0.3, 0.4) is 0 Å². The Morgan fingerprint density at radius 1 is 1.10 bits per heavy atom. The maximum absolute atomic E-state index is 12.4. The average Bonchev–Trinajstić information content (AvgIpc) is 3.19. The number of amides is 1. The molecule has 158 valence electrons. The van der Waals surface area contributed by atoms with Gasteiger partial charge in [0.2, 0.25) is 6.79 Å². The normalized spacial score (nSPS) is 12.8.